The smallest absolute Gasteiger partial charge is 0.237 e. The third kappa shape index (κ3) is 3.09. The molecule has 1 heterocycles. The number of rotatable bonds is 5. The van der Waals surface area contributed by atoms with Crippen LogP contribution in [0.3, 0.4) is 0 Å². The second-order valence-corrected chi connectivity index (χ2v) is 5.91. The number of carbonyl (C=O) groups is 1. The highest BCUT2D eigenvalue weighted by Crippen LogP contribution is 2.26. The van der Waals surface area contributed by atoms with Crippen molar-refractivity contribution in [1.82, 2.24) is 10.3 Å². The van der Waals surface area contributed by atoms with Crippen LogP contribution in [-0.4, -0.2) is 34.7 Å². The van der Waals surface area contributed by atoms with Gasteiger partial charge >= 0.3 is 0 Å². The fourth-order valence-electron chi connectivity index (χ4n) is 2.87. The predicted molar refractivity (Wildman–Crippen MR) is 81.7 cm³/mol. The summed E-state index contributed by atoms with van der Waals surface area (Å²) >= 11 is 0. The van der Waals surface area contributed by atoms with Crippen molar-refractivity contribution < 1.29 is 9.90 Å². The fraction of sp³-hybridized carbons (Fsp3) is 0.438. The van der Waals surface area contributed by atoms with Crippen molar-refractivity contribution in [2.75, 3.05) is 6.54 Å². The zero-order valence-corrected chi connectivity index (χ0v) is 11.9. The molecule has 5 nitrogen and oxygen atoms in total. The Morgan fingerprint density at radius 2 is 2.19 bits per heavy atom. The van der Waals surface area contributed by atoms with E-state index in [-0.39, 0.29) is 12.0 Å². The molecule has 1 fully saturated rings. The summed E-state index contributed by atoms with van der Waals surface area (Å²) in [6, 6.07) is 7.44. The first kappa shape index (κ1) is 14.1. The molecule has 5 N–H and O–H groups in total. The minimum Gasteiger partial charge on any atom is -0.393 e. The van der Waals surface area contributed by atoms with Crippen LogP contribution in [0.4, 0.5) is 0 Å². The molecule has 1 aromatic heterocycles. The number of aromatic nitrogens is 1. The van der Waals surface area contributed by atoms with Crippen LogP contribution in [0.15, 0.2) is 30.5 Å². The van der Waals surface area contributed by atoms with Crippen molar-refractivity contribution in [1.29, 1.82) is 0 Å². The minimum absolute atomic E-state index is 0.123. The highest BCUT2D eigenvalue weighted by molar-refractivity contribution is 5.86. The zero-order chi connectivity index (χ0) is 14.8. The summed E-state index contributed by atoms with van der Waals surface area (Å²) in [5, 5.41) is 13.2. The van der Waals surface area contributed by atoms with Gasteiger partial charge in [-0.05, 0) is 36.8 Å². The molecule has 0 bridgehead atoms. The number of aromatic amines is 1. The van der Waals surface area contributed by atoms with E-state index in [0.29, 0.717) is 18.9 Å². The first-order valence-electron chi connectivity index (χ1n) is 7.40. The van der Waals surface area contributed by atoms with Gasteiger partial charge in [-0.2, -0.15) is 0 Å². The number of nitrogens with one attached hydrogen (secondary N) is 2. The Labute approximate surface area is 123 Å². The summed E-state index contributed by atoms with van der Waals surface area (Å²) in [5.74, 6) is 0.269. The first-order valence-corrected chi connectivity index (χ1v) is 7.40. The molecule has 1 amide bonds. The predicted octanol–water partition coefficient (Wildman–Crippen LogP) is 0.925. The van der Waals surface area contributed by atoms with Gasteiger partial charge in [0, 0.05) is 23.6 Å². The van der Waals surface area contributed by atoms with E-state index < -0.39 is 6.04 Å². The van der Waals surface area contributed by atoms with E-state index in [1.165, 1.54) is 0 Å². The maximum atomic E-state index is 12.0. The standard InChI is InChI=1S/C16H21N3O2/c17-14(16(21)19-8-10-5-12(20)6-10)7-11-9-18-15-4-2-1-3-13(11)15/h1-4,9-10,12,14,18,20H,5-8,17H2,(H,19,21). The highest BCUT2D eigenvalue weighted by atomic mass is 16.3. The highest BCUT2D eigenvalue weighted by Gasteiger charge is 2.27. The third-order valence-electron chi connectivity index (χ3n) is 4.23. The number of amides is 1. The number of H-pyrrole nitrogens is 1. The number of hydrogen-bond acceptors (Lipinski definition) is 3. The molecule has 1 unspecified atom stereocenters. The number of carbonyl (C=O) groups excluding carboxylic acids is 1. The molecule has 1 aromatic carbocycles. The lowest BCUT2D eigenvalue weighted by Gasteiger charge is -2.31. The van der Waals surface area contributed by atoms with Gasteiger partial charge in [0.1, 0.15) is 0 Å². The molecule has 1 aliphatic carbocycles. The van der Waals surface area contributed by atoms with E-state index in [9.17, 15) is 9.90 Å². The second-order valence-electron chi connectivity index (χ2n) is 5.91. The SMILES string of the molecule is NC(Cc1c[nH]c2ccccc12)C(=O)NCC1CC(O)C1. The van der Waals surface area contributed by atoms with Gasteiger partial charge in [0.2, 0.25) is 5.91 Å². The van der Waals surface area contributed by atoms with Gasteiger partial charge in [0.15, 0.2) is 0 Å². The number of aliphatic hydroxyl groups excluding tert-OH is 1. The number of para-hydroxylation sites is 1. The monoisotopic (exact) mass is 287 g/mol. The average molecular weight is 287 g/mol. The fourth-order valence-corrected chi connectivity index (χ4v) is 2.87. The number of fused-ring (bicyclic) bond motifs is 1. The van der Waals surface area contributed by atoms with E-state index in [0.717, 1.165) is 29.3 Å². The van der Waals surface area contributed by atoms with Crippen LogP contribution >= 0.6 is 0 Å². The lowest BCUT2D eigenvalue weighted by molar-refractivity contribution is -0.122. The summed E-state index contributed by atoms with van der Waals surface area (Å²) in [7, 11) is 0. The molecule has 0 saturated heterocycles. The Hall–Kier alpha value is -1.85. The van der Waals surface area contributed by atoms with E-state index in [4.69, 9.17) is 5.73 Å². The van der Waals surface area contributed by atoms with Crippen molar-refractivity contribution in [3.05, 3.63) is 36.0 Å². The number of aliphatic hydroxyl groups is 1. The van der Waals surface area contributed by atoms with E-state index in [2.05, 4.69) is 10.3 Å². The lowest BCUT2D eigenvalue weighted by Crippen LogP contribution is -2.46. The summed E-state index contributed by atoms with van der Waals surface area (Å²) in [5.41, 5.74) is 8.12. The zero-order valence-electron chi connectivity index (χ0n) is 11.9. The van der Waals surface area contributed by atoms with Crippen molar-refractivity contribution in [2.45, 2.75) is 31.4 Å². The van der Waals surface area contributed by atoms with Gasteiger partial charge in [-0.3, -0.25) is 4.79 Å². The molecule has 3 rings (SSSR count). The van der Waals surface area contributed by atoms with Crippen LogP contribution < -0.4 is 11.1 Å². The van der Waals surface area contributed by atoms with Crippen molar-refractivity contribution in [2.24, 2.45) is 11.7 Å². The van der Waals surface area contributed by atoms with Crippen molar-refractivity contribution in [3.63, 3.8) is 0 Å². The number of nitrogens with two attached hydrogens (primary N) is 1. The Morgan fingerprint density at radius 1 is 1.43 bits per heavy atom. The maximum absolute atomic E-state index is 12.0. The lowest BCUT2D eigenvalue weighted by atomic mass is 9.82. The van der Waals surface area contributed by atoms with Crippen molar-refractivity contribution >= 4 is 16.8 Å². The number of hydrogen-bond donors (Lipinski definition) is 4. The van der Waals surface area contributed by atoms with Crippen LogP contribution in [0.25, 0.3) is 10.9 Å². The van der Waals surface area contributed by atoms with Gasteiger partial charge in [0.25, 0.3) is 0 Å². The normalized spacial score (nSPS) is 22.8. The van der Waals surface area contributed by atoms with Crippen LogP contribution in [0.2, 0.25) is 0 Å². The summed E-state index contributed by atoms with van der Waals surface area (Å²) < 4.78 is 0. The molecule has 0 radical (unpaired) electrons. The quantitative estimate of drug-likeness (QED) is 0.659. The van der Waals surface area contributed by atoms with Gasteiger partial charge in [0.05, 0.1) is 12.1 Å². The second kappa shape index (κ2) is 5.87. The molecular weight excluding hydrogens is 266 g/mol. The summed E-state index contributed by atoms with van der Waals surface area (Å²) in [4.78, 5) is 15.2. The summed E-state index contributed by atoms with van der Waals surface area (Å²) in [6.45, 7) is 0.609. The molecule has 112 valence electrons. The van der Waals surface area contributed by atoms with E-state index in [1.54, 1.807) is 0 Å². The molecule has 5 heteroatoms. The molecule has 2 aromatic rings. The molecule has 0 spiro atoms. The van der Waals surface area contributed by atoms with Gasteiger partial charge < -0.3 is 21.1 Å². The van der Waals surface area contributed by atoms with Crippen LogP contribution in [0.5, 0.6) is 0 Å². The molecule has 0 aliphatic heterocycles. The van der Waals surface area contributed by atoms with Gasteiger partial charge in [-0.15, -0.1) is 0 Å². The molecular formula is C16H21N3O2. The van der Waals surface area contributed by atoms with Crippen molar-refractivity contribution in [3.8, 4) is 0 Å². The molecule has 1 atom stereocenters. The topological polar surface area (TPSA) is 91.1 Å². The number of benzene rings is 1. The largest absolute Gasteiger partial charge is 0.393 e. The van der Waals surface area contributed by atoms with Gasteiger partial charge in [-0.1, -0.05) is 18.2 Å². The van der Waals surface area contributed by atoms with Gasteiger partial charge in [-0.25, -0.2) is 0 Å². The summed E-state index contributed by atoms with van der Waals surface area (Å²) in [6.07, 6.45) is 3.80. The Balaban J connectivity index is 1.55. The Kier molecular flexibility index (Phi) is 3.94. The Bertz CT molecular complexity index is 631. The molecule has 21 heavy (non-hydrogen) atoms. The van der Waals surface area contributed by atoms with Crippen LogP contribution in [0.1, 0.15) is 18.4 Å². The first-order chi connectivity index (χ1) is 10.1. The Morgan fingerprint density at radius 3 is 2.95 bits per heavy atom. The third-order valence-corrected chi connectivity index (χ3v) is 4.23. The molecule has 1 aliphatic rings. The minimum atomic E-state index is -0.547. The molecule has 1 saturated carbocycles. The van der Waals surface area contributed by atoms with E-state index in [1.807, 2.05) is 30.5 Å². The van der Waals surface area contributed by atoms with Crippen LogP contribution in [-0.2, 0) is 11.2 Å². The maximum Gasteiger partial charge on any atom is 0.237 e. The average Bonchev–Trinajstić information content (AvgIpc) is 2.85. The van der Waals surface area contributed by atoms with E-state index >= 15 is 0 Å². The van der Waals surface area contributed by atoms with Crippen LogP contribution in [0, 0.1) is 5.92 Å².